The van der Waals surface area contributed by atoms with E-state index < -0.39 is 0 Å². The predicted octanol–water partition coefficient (Wildman–Crippen LogP) is 10.5. The Bertz CT molecular complexity index is 2100. The molecule has 0 N–H and O–H groups in total. The van der Waals surface area contributed by atoms with Crippen molar-refractivity contribution in [3.63, 3.8) is 0 Å². The van der Waals surface area contributed by atoms with Gasteiger partial charge in [-0.1, -0.05) is 143 Å². The monoisotopic (exact) mass is 594 g/mol. The van der Waals surface area contributed by atoms with E-state index in [2.05, 4.69) is 177 Å². The summed E-state index contributed by atoms with van der Waals surface area (Å²) in [5, 5.41) is 2.42. The van der Waals surface area contributed by atoms with E-state index in [1.165, 1.54) is 61.3 Å². The highest BCUT2D eigenvalue weighted by atomic mass is 15.2. The van der Waals surface area contributed by atoms with Crippen LogP contribution in [-0.4, -0.2) is 6.71 Å². The van der Waals surface area contributed by atoms with Gasteiger partial charge in [-0.05, 0) is 74.8 Å². The highest BCUT2D eigenvalue weighted by Gasteiger charge is 2.59. The van der Waals surface area contributed by atoms with Gasteiger partial charge in [0.2, 0.25) is 6.71 Å². The third-order valence-corrected chi connectivity index (χ3v) is 11.2. The summed E-state index contributed by atoms with van der Waals surface area (Å²) in [6.45, 7) is 9.96. The first-order valence-electron chi connectivity index (χ1n) is 16.8. The summed E-state index contributed by atoms with van der Waals surface area (Å²) in [7, 11) is 0. The van der Waals surface area contributed by atoms with Crippen molar-refractivity contribution in [2.24, 2.45) is 11.3 Å². The zero-order valence-corrected chi connectivity index (χ0v) is 27.1. The van der Waals surface area contributed by atoms with Crippen LogP contribution in [0.5, 0.6) is 0 Å². The molecule has 3 atom stereocenters. The van der Waals surface area contributed by atoms with Gasteiger partial charge in [-0.25, -0.2) is 0 Å². The van der Waals surface area contributed by atoms with Gasteiger partial charge < -0.3 is 9.80 Å². The van der Waals surface area contributed by atoms with Crippen molar-refractivity contribution in [3.05, 3.63) is 161 Å². The summed E-state index contributed by atoms with van der Waals surface area (Å²) < 4.78 is 0. The van der Waals surface area contributed by atoms with Crippen molar-refractivity contribution in [1.82, 2.24) is 0 Å². The van der Waals surface area contributed by atoms with Crippen molar-refractivity contribution in [1.29, 1.82) is 0 Å². The lowest BCUT2D eigenvalue weighted by Gasteiger charge is -2.59. The maximum absolute atomic E-state index is 2.71. The zero-order chi connectivity index (χ0) is 31.2. The molecule has 0 radical (unpaired) electrons. The Morgan fingerprint density at radius 2 is 1.41 bits per heavy atom. The van der Waals surface area contributed by atoms with E-state index in [1.807, 2.05) is 0 Å². The Balaban J connectivity index is 1.44. The fourth-order valence-electron chi connectivity index (χ4n) is 8.95. The molecule has 5 aromatic carbocycles. The molecule has 2 aliphatic carbocycles. The molecule has 5 aromatic rings. The molecule has 0 aromatic heterocycles. The average Bonchev–Trinajstić information content (AvgIpc) is 3.08. The molecule has 0 amide bonds. The molecule has 1 fully saturated rings. The van der Waals surface area contributed by atoms with Gasteiger partial charge in [-0.2, -0.15) is 0 Å². The zero-order valence-electron chi connectivity index (χ0n) is 27.1. The average molecular weight is 595 g/mol. The fourth-order valence-corrected chi connectivity index (χ4v) is 8.95. The number of para-hydroxylation sites is 2. The predicted molar refractivity (Wildman–Crippen MR) is 196 cm³/mol. The van der Waals surface area contributed by atoms with Crippen molar-refractivity contribution in [2.45, 2.75) is 45.5 Å². The van der Waals surface area contributed by atoms with Crippen molar-refractivity contribution in [3.8, 4) is 0 Å². The molecule has 3 heteroatoms. The largest absolute Gasteiger partial charge is 0.334 e. The molecule has 46 heavy (non-hydrogen) atoms. The number of allylic oxidation sites excluding steroid dienone is 3. The summed E-state index contributed by atoms with van der Waals surface area (Å²) in [5.74, 6) is 0.370. The van der Waals surface area contributed by atoms with Crippen LogP contribution in [0, 0.1) is 11.3 Å². The SMILES string of the molecule is CC(C)(C)C1C=C2C3=C(C1)N(c1ccccc1)c1c(ccc4ccccc14)B3C1(C)C=Cc3ccccc3C1N2c1ccccc1. The van der Waals surface area contributed by atoms with E-state index in [0.29, 0.717) is 5.92 Å². The molecule has 2 aliphatic heterocycles. The molecule has 9 rings (SSSR count). The first-order chi connectivity index (χ1) is 22.3. The standard InChI is InChI=1S/C43H39BN2/c1-42(2,3)31-27-37-39-38(28-31)46(33-19-9-6-10-20-33)41-35-22-14-12-16-30(35)25-26-43(41,4)44(39)36-24-23-29-15-11-13-21-34(29)40(36)45(37)32-17-7-5-8-18-32/h5-26,28,31,41H,27H2,1-4H3. The van der Waals surface area contributed by atoms with Crippen molar-refractivity contribution in [2.75, 3.05) is 9.80 Å². The third-order valence-electron chi connectivity index (χ3n) is 11.2. The van der Waals surface area contributed by atoms with Crippen LogP contribution in [-0.2, 0) is 0 Å². The number of fused-ring (bicyclic) bond motifs is 8. The summed E-state index contributed by atoms with van der Waals surface area (Å²) in [5.41, 5.74) is 12.4. The molecule has 1 saturated heterocycles. The van der Waals surface area contributed by atoms with Gasteiger partial charge in [0.15, 0.2) is 0 Å². The first kappa shape index (κ1) is 27.5. The maximum atomic E-state index is 2.71. The molecule has 2 heterocycles. The number of hydrogen-bond donors (Lipinski definition) is 0. The van der Waals surface area contributed by atoms with Crippen molar-refractivity contribution < 1.29 is 0 Å². The van der Waals surface area contributed by atoms with E-state index >= 15 is 0 Å². The second-order valence-electron chi connectivity index (χ2n) is 14.9. The number of anilines is 3. The van der Waals surface area contributed by atoms with E-state index in [9.17, 15) is 0 Å². The summed E-state index contributed by atoms with van der Waals surface area (Å²) >= 11 is 0. The molecule has 4 aliphatic rings. The molecule has 0 bridgehead atoms. The van der Waals surface area contributed by atoms with Crippen LogP contribution in [0.1, 0.15) is 51.3 Å². The number of benzene rings is 5. The van der Waals surface area contributed by atoms with E-state index in [-0.39, 0.29) is 23.5 Å². The lowest BCUT2D eigenvalue weighted by molar-refractivity contribution is 0.285. The van der Waals surface area contributed by atoms with Gasteiger partial charge in [0, 0.05) is 33.8 Å². The Morgan fingerprint density at radius 1 is 0.739 bits per heavy atom. The fraction of sp³-hybridized carbons (Fsp3) is 0.209. The number of rotatable bonds is 2. The van der Waals surface area contributed by atoms with Gasteiger partial charge in [0.1, 0.15) is 0 Å². The van der Waals surface area contributed by atoms with Gasteiger partial charge in [-0.3, -0.25) is 0 Å². The second-order valence-corrected chi connectivity index (χ2v) is 14.9. The van der Waals surface area contributed by atoms with Gasteiger partial charge in [0.25, 0.3) is 0 Å². The topological polar surface area (TPSA) is 6.48 Å². The first-order valence-corrected chi connectivity index (χ1v) is 16.8. The van der Waals surface area contributed by atoms with Crippen LogP contribution >= 0.6 is 0 Å². The third kappa shape index (κ3) is 3.84. The highest BCUT2D eigenvalue weighted by Crippen LogP contribution is 2.64. The maximum Gasteiger partial charge on any atom is 0.229 e. The Morgan fingerprint density at radius 3 is 2.17 bits per heavy atom. The molecule has 0 spiro atoms. The molecule has 3 unspecified atom stereocenters. The van der Waals surface area contributed by atoms with E-state index in [0.717, 1.165) is 6.42 Å². The van der Waals surface area contributed by atoms with Crippen LogP contribution in [0.2, 0.25) is 5.31 Å². The minimum atomic E-state index is -0.198. The second kappa shape index (κ2) is 9.87. The Hall–Kier alpha value is -4.76. The lowest BCUT2D eigenvalue weighted by Crippen LogP contribution is -2.60. The summed E-state index contributed by atoms with van der Waals surface area (Å²) in [6, 6.07) is 45.2. The van der Waals surface area contributed by atoms with Crippen LogP contribution in [0.3, 0.4) is 0 Å². The van der Waals surface area contributed by atoms with E-state index in [1.54, 1.807) is 0 Å². The molecule has 2 nitrogen and oxygen atoms in total. The van der Waals surface area contributed by atoms with Crippen LogP contribution < -0.4 is 15.3 Å². The molecule has 224 valence electrons. The minimum absolute atomic E-state index is 0.0932. The van der Waals surface area contributed by atoms with Gasteiger partial charge in [-0.15, -0.1) is 0 Å². The quantitative estimate of drug-likeness (QED) is 0.188. The Kier molecular flexibility index (Phi) is 5.91. The minimum Gasteiger partial charge on any atom is -0.334 e. The summed E-state index contributed by atoms with van der Waals surface area (Å²) in [4.78, 5) is 5.35. The normalized spacial score (nSPS) is 23.0. The number of hydrogen-bond acceptors (Lipinski definition) is 2. The van der Waals surface area contributed by atoms with Crippen LogP contribution in [0.15, 0.2) is 150 Å². The highest BCUT2D eigenvalue weighted by molar-refractivity contribution is 6.86. The molecule has 0 saturated carbocycles. The Labute approximate surface area is 273 Å². The van der Waals surface area contributed by atoms with E-state index in [4.69, 9.17) is 0 Å². The summed E-state index contributed by atoms with van der Waals surface area (Å²) in [6.07, 6.45) is 8.60. The van der Waals surface area contributed by atoms with Crippen LogP contribution in [0.4, 0.5) is 17.1 Å². The van der Waals surface area contributed by atoms with Gasteiger partial charge >= 0.3 is 0 Å². The van der Waals surface area contributed by atoms with Crippen molar-refractivity contribution >= 4 is 46.1 Å². The smallest absolute Gasteiger partial charge is 0.229 e. The number of nitrogens with zero attached hydrogens (tertiary/aromatic N) is 2. The van der Waals surface area contributed by atoms with Gasteiger partial charge in [0.05, 0.1) is 6.04 Å². The molecular formula is C43H39BN2. The molecular weight excluding hydrogens is 555 g/mol. The lowest BCUT2D eigenvalue weighted by atomic mass is 9.21. The van der Waals surface area contributed by atoms with Crippen LogP contribution in [0.25, 0.3) is 16.8 Å².